The summed E-state index contributed by atoms with van der Waals surface area (Å²) in [6.07, 6.45) is 5.41. The molecule has 2 fully saturated rings. The highest BCUT2D eigenvalue weighted by atomic mass is 32.2. The smallest absolute Gasteiger partial charge is 0.243 e. The third kappa shape index (κ3) is 3.34. The van der Waals surface area contributed by atoms with Gasteiger partial charge in [0, 0.05) is 18.8 Å². The first-order valence-corrected chi connectivity index (χ1v) is 9.34. The molecule has 20 heavy (non-hydrogen) atoms. The van der Waals surface area contributed by atoms with Gasteiger partial charge in [0.05, 0.1) is 0 Å². The minimum atomic E-state index is -3.40. The molecular formula is C14H26N2O3S. The van der Waals surface area contributed by atoms with E-state index in [1.54, 1.807) is 0 Å². The zero-order valence-electron chi connectivity index (χ0n) is 12.7. The summed E-state index contributed by atoms with van der Waals surface area (Å²) in [5, 5.41) is 3.35. The molecule has 0 aromatic heterocycles. The van der Waals surface area contributed by atoms with Crippen molar-refractivity contribution in [3.8, 4) is 0 Å². The fraction of sp³-hybridized carbons (Fsp3) is 0.929. The van der Waals surface area contributed by atoms with Gasteiger partial charge in [0.2, 0.25) is 5.91 Å². The Balaban J connectivity index is 2.10. The van der Waals surface area contributed by atoms with Crippen LogP contribution in [0, 0.1) is 5.92 Å². The normalized spacial score (nSPS) is 24.4. The van der Waals surface area contributed by atoms with Crippen molar-refractivity contribution >= 4 is 15.7 Å². The predicted molar refractivity (Wildman–Crippen MR) is 79.3 cm³/mol. The first-order valence-electron chi connectivity index (χ1n) is 7.45. The lowest BCUT2D eigenvalue weighted by atomic mass is 9.98. The summed E-state index contributed by atoms with van der Waals surface area (Å²) in [5.41, 5.74) is 0. The number of sulfone groups is 1. The van der Waals surface area contributed by atoms with E-state index in [9.17, 15) is 13.2 Å². The van der Waals surface area contributed by atoms with E-state index in [0.717, 1.165) is 45.0 Å². The highest BCUT2D eigenvalue weighted by Gasteiger charge is 2.45. The zero-order chi connectivity index (χ0) is 15.0. The maximum atomic E-state index is 12.7. The van der Waals surface area contributed by atoms with Crippen LogP contribution in [0.3, 0.4) is 0 Å². The quantitative estimate of drug-likeness (QED) is 0.816. The van der Waals surface area contributed by atoms with Gasteiger partial charge in [-0.1, -0.05) is 0 Å². The number of piperidine rings is 1. The van der Waals surface area contributed by atoms with Crippen molar-refractivity contribution < 1.29 is 13.2 Å². The Morgan fingerprint density at radius 3 is 2.40 bits per heavy atom. The van der Waals surface area contributed by atoms with Crippen LogP contribution < -0.4 is 5.32 Å². The molecule has 0 spiro atoms. The number of nitrogens with zero attached hydrogens (tertiary/aromatic N) is 1. The molecule has 2 rings (SSSR count). The molecule has 1 aliphatic heterocycles. The number of hydrogen-bond donors (Lipinski definition) is 1. The van der Waals surface area contributed by atoms with Crippen LogP contribution in [0.15, 0.2) is 0 Å². The van der Waals surface area contributed by atoms with E-state index in [2.05, 4.69) is 5.32 Å². The van der Waals surface area contributed by atoms with E-state index in [0.29, 0.717) is 12.5 Å². The Labute approximate surface area is 122 Å². The molecule has 1 aliphatic carbocycles. The zero-order valence-corrected chi connectivity index (χ0v) is 13.5. The van der Waals surface area contributed by atoms with Crippen molar-refractivity contribution in [3.05, 3.63) is 0 Å². The van der Waals surface area contributed by atoms with Crippen LogP contribution in [0.5, 0.6) is 0 Å². The molecule has 0 aromatic carbocycles. The third-order valence-electron chi connectivity index (χ3n) is 4.54. The number of rotatable bonds is 5. The Kier molecular flexibility index (Phi) is 4.44. The third-order valence-corrected chi connectivity index (χ3v) is 6.57. The number of hydrogen-bond acceptors (Lipinski definition) is 4. The molecular weight excluding hydrogens is 276 g/mol. The second-order valence-corrected chi connectivity index (χ2v) is 9.25. The van der Waals surface area contributed by atoms with Gasteiger partial charge in [-0.25, -0.2) is 8.42 Å². The molecule has 1 saturated carbocycles. The summed E-state index contributed by atoms with van der Waals surface area (Å²) in [7, 11) is -3.40. The minimum absolute atomic E-state index is 0.229. The molecule has 116 valence electrons. The maximum Gasteiger partial charge on any atom is 0.243 e. The summed E-state index contributed by atoms with van der Waals surface area (Å²) >= 11 is 0. The van der Waals surface area contributed by atoms with Crippen LogP contribution in [0.2, 0.25) is 0 Å². The van der Waals surface area contributed by atoms with Gasteiger partial charge in [-0.3, -0.25) is 4.79 Å². The number of carbonyl (C=O) groups excluding carboxylic acids is 1. The molecule has 1 heterocycles. The van der Waals surface area contributed by atoms with Gasteiger partial charge in [-0.2, -0.15) is 0 Å². The summed E-state index contributed by atoms with van der Waals surface area (Å²) in [5.74, 6) is 0.219. The van der Waals surface area contributed by atoms with Crippen molar-refractivity contribution in [1.82, 2.24) is 10.2 Å². The van der Waals surface area contributed by atoms with Gasteiger partial charge in [-0.15, -0.1) is 0 Å². The Hall–Kier alpha value is -0.620. The van der Waals surface area contributed by atoms with E-state index in [4.69, 9.17) is 0 Å². The fourth-order valence-corrected chi connectivity index (χ4v) is 3.08. The molecule has 1 amide bonds. The number of carbonyl (C=O) groups is 1. The lowest BCUT2D eigenvalue weighted by Crippen LogP contribution is -2.52. The molecule has 0 radical (unpaired) electrons. The maximum absolute atomic E-state index is 12.7. The monoisotopic (exact) mass is 302 g/mol. The molecule has 5 nitrogen and oxygen atoms in total. The van der Waals surface area contributed by atoms with Gasteiger partial charge < -0.3 is 10.2 Å². The minimum Gasteiger partial charge on any atom is -0.338 e. The summed E-state index contributed by atoms with van der Waals surface area (Å²) in [6.45, 7) is 5.71. The summed E-state index contributed by atoms with van der Waals surface area (Å²) in [4.78, 5) is 14.5. The second-order valence-electron chi connectivity index (χ2n) is 6.68. The van der Waals surface area contributed by atoms with Crippen LogP contribution in [0.1, 0.15) is 39.5 Å². The van der Waals surface area contributed by atoms with Crippen molar-refractivity contribution in [1.29, 1.82) is 0 Å². The van der Waals surface area contributed by atoms with Gasteiger partial charge in [0.25, 0.3) is 0 Å². The Bertz CT molecular complexity index is 463. The number of nitrogens with one attached hydrogen (secondary N) is 1. The van der Waals surface area contributed by atoms with E-state index in [-0.39, 0.29) is 11.9 Å². The standard InChI is InChI=1S/C14H26N2O3S/c1-14(2,20(3,18)19)13(17)16(12-6-7-12)10-11-5-4-8-15-9-11/h11-12,15H,4-10H2,1-3H3. The molecule has 0 bridgehead atoms. The van der Waals surface area contributed by atoms with Crippen molar-refractivity contribution in [3.63, 3.8) is 0 Å². The van der Waals surface area contributed by atoms with Crippen molar-refractivity contribution in [2.75, 3.05) is 25.9 Å². The highest BCUT2D eigenvalue weighted by molar-refractivity contribution is 7.92. The average molecular weight is 302 g/mol. The number of amides is 1. The SMILES string of the molecule is CC(C)(C(=O)N(CC1CCCNC1)C1CC1)S(C)(=O)=O. The fourth-order valence-electron chi connectivity index (χ4n) is 2.65. The van der Waals surface area contributed by atoms with Gasteiger partial charge in [-0.05, 0) is 58.5 Å². The topological polar surface area (TPSA) is 66.5 Å². The molecule has 1 atom stereocenters. The van der Waals surface area contributed by atoms with Crippen LogP contribution in [-0.4, -0.2) is 55.9 Å². The summed E-state index contributed by atoms with van der Waals surface area (Å²) in [6, 6.07) is 0.255. The van der Waals surface area contributed by atoms with Crippen LogP contribution in [0.4, 0.5) is 0 Å². The lowest BCUT2D eigenvalue weighted by Gasteiger charge is -2.34. The van der Waals surface area contributed by atoms with E-state index in [1.807, 2.05) is 4.90 Å². The average Bonchev–Trinajstić information content (AvgIpc) is 3.19. The Morgan fingerprint density at radius 2 is 1.95 bits per heavy atom. The Morgan fingerprint density at radius 1 is 1.30 bits per heavy atom. The molecule has 1 unspecified atom stereocenters. The van der Waals surface area contributed by atoms with Crippen LogP contribution in [-0.2, 0) is 14.6 Å². The van der Waals surface area contributed by atoms with Crippen LogP contribution >= 0.6 is 0 Å². The van der Waals surface area contributed by atoms with Crippen molar-refractivity contribution in [2.45, 2.75) is 50.3 Å². The molecule has 6 heteroatoms. The van der Waals surface area contributed by atoms with Gasteiger partial charge in [0.1, 0.15) is 4.75 Å². The molecule has 2 aliphatic rings. The van der Waals surface area contributed by atoms with E-state index < -0.39 is 14.6 Å². The molecule has 1 N–H and O–H groups in total. The van der Waals surface area contributed by atoms with Gasteiger partial charge in [0.15, 0.2) is 9.84 Å². The highest BCUT2D eigenvalue weighted by Crippen LogP contribution is 2.32. The van der Waals surface area contributed by atoms with Gasteiger partial charge >= 0.3 is 0 Å². The second kappa shape index (κ2) is 5.64. The summed E-state index contributed by atoms with van der Waals surface area (Å²) < 4.78 is 22.4. The first-order chi connectivity index (χ1) is 9.23. The lowest BCUT2D eigenvalue weighted by molar-refractivity contribution is -0.134. The largest absolute Gasteiger partial charge is 0.338 e. The first kappa shape index (κ1) is 15.8. The van der Waals surface area contributed by atoms with E-state index >= 15 is 0 Å². The predicted octanol–water partition coefficient (Wildman–Crippen LogP) is 0.800. The molecule has 0 aromatic rings. The van der Waals surface area contributed by atoms with Crippen LogP contribution in [0.25, 0.3) is 0 Å². The van der Waals surface area contributed by atoms with Crippen molar-refractivity contribution in [2.24, 2.45) is 5.92 Å². The molecule has 1 saturated heterocycles. The van der Waals surface area contributed by atoms with E-state index in [1.165, 1.54) is 13.8 Å².